The van der Waals surface area contributed by atoms with Crippen LogP contribution >= 0.6 is 0 Å². The Bertz CT molecular complexity index is 247. The fourth-order valence-electron chi connectivity index (χ4n) is 0.668. The number of aromatic nitrogens is 2. The summed E-state index contributed by atoms with van der Waals surface area (Å²) in [6.45, 7) is 5.46. The Labute approximate surface area is 59.5 Å². The van der Waals surface area contributed by atoms with E-state index < -0.39 is 0 Å². The van der Waals surface area contributed by atoms with Gasteiger partial charge in [0.2, 0.25) is 0 Å². The lowest BCUT2D eigenvalue weighted by molar-refractivity contribution is 1.08. The van der Waals surface area contributed by atoms with Crippen molar-refractivity contribution in [2.75, 3.05) is 0 Å². The second kappa shape index (κ2) is 2.96. The van der Waals surface area contributed by atoms with Crippen molar-refractivity contribution in [2.24, 2.45) is 4.99 Å². The summed E-state index contributed by atoms with van der Waals surface area (Å²) in [4.78, 5) is 4.00. The van der Waals surface area contributed by atoms with Gasteiger partial charge in [-0.3, -0.25) is 5.10 Å². The highest BCUT2D eigenvalue weighted by Gasteiger charge is 1.96. The molecular weight excluding hydrogens is 126 g/mol. The van der Waals surface area contributed by atoms with E-state index in [4.69, 9.17) is 0 Å². The van der Waals surface area contributed by atoms with Gasteiger partial charge in [0.1, 0.15) is 0 Å². The van der Waals surface area contributed by atoms with Crippen LogP contribution in [0.5, 0.6) is 0 Å². The minimum absolute atomic E-state index is 0.692. The van der Waals surface area contributed by atoms with Crippen molar-refractivity contribution >= 4 is 18.1 Å². The van der Waals surface area contributed by atoms with Gasteiger partial charge in [0.15, 0.2) is 5.82 Å². The maximum absolute atomic E-state index is 4.00. The summed E-state index contributed by atoms with van der Waals surface area (Å²) in [6.07, 6.45) is 5.17. The molecule has 52 valence electrons. The third-order valence-corrected chi connectivity index (χ3v) is 1.12. The normalized spacial score (nSPS) is 10.5. The van der Waals surface area contributed by atoms with Crippen molar-refractivity contribution in [1.82, 2.24) is 10.2 Å². The van der Waals surface area contributed by atoms with Gasteiger partial charge in [-0.25, -0.2) is 4.99 Å². The first-order valence-electron chi connectivity index (χ1n) is 3.03. The zero-order chi connectivity index (χ0) is 7.40. The molecule has 1 rings (SSSR count). The van der Waals surface area contributed by atoms with Crippen molar-refractivity contribution in [3.05, 3.63) is 18.3 Å². The van der Waals surface area contributed by atoms with Gasteiger partial charge >= 0.3 is 0 Å². The molecule has 0 saturated carbocycles. The second-order valence-electron chi connectivity index (χ2n) is 1.76. The first-order valence-corrected chi connectivity index (χ1v) is 3.03. The van der Waals surface area contributed by atoms with Crippen molar-refractivity contribution in [3.8, 4) is 0 Å². The lowest BCUT2D eigenvalue weighted by atomic mass is 10.3. The number of H-pyrrole nitrogens is 1. The summed E-state index contributed by atoms with van der Waals surface area (Å²) in [5.74, 6) is 0.692. The Morgan fingerprint density at radius 3 is 3.20 bits per heavy atom. The molecule has 0 spiro atoms. The fourth-order valence-corrected chi connectivity index (χ4v) is 0.668. The van der Waals surface area contributed by atoms with Crippen LogP contribution in [0.2, 0.25) is 0 Å². The van der Waals surface area contributed by atoms with E-state index in [0.29, 0.717) is 5.82 Å². The molecule has 0 atom stereocenters. The molecule has 10 heavy (non-hydrogen) atoms. The van der Waals surface area contributed by atoms with Gasteiger partial charge in [-0.15, -0.1) is 0 Å². The summed E-state index contributed by atoms with van der Waals surface area (Å²) >= 11 is 0. The van der Waals surface area contributed by atoms with E-state index in [1.54, 1.807) is 18.5 Å². The smallest absolute Gasteiger partial charge is 0.180 e. The van der Waals surface area contributed by atoms with Crippen LogP contribution < -0.4 is 0 Å². The Morgan fingerprint density at radius 2 is 2.60 bits per heavy atom. The van der Waals surface area contributed by atoms with Crippen LogP contribution in [0.3, 0.4) is 0 Å². The topological polar surface area (TPSA) is 41.0 Å². The number of hydrogen-bond acceptors (Lipinski definition) is 2. The number of hydrogen-bond donors (Lipinski definition) is 1. The van der Waals surface area contributed by atoms with Crippen LogP contribution in [-0.2, 0) is 0 Å². The van der Waals surface area contributed by atoms with E-state index in [1.165, 1.54) is 0 Å². The zero-order valence-corrected chi connectivity index (χ0v) is 5.83. The predicted octanol–water partition coefficient (Wildman–Crippen LogP) is 1.77. The number of rotatable bonds is 2. The van der Waals surface area contributed by atoms with Crippen LogP contribution in [0.15, 0.2) is 17.8 Å². The molecule has 0 unspecified atom stereocenters. The summed E-state index contributed by atoms with van der Waals surface area (Å²) in [7, 11) is 0. The highest BCUT2D eigenvalue weighted by molar-refractivity contribution is 5.65. The molecule has 1 aromatic heterocycles. The van der Waals surface area contributed by atoms with Crippen LogP contribution in [0.1, 0.15) is 12.5 Å². The molecule has 1 aromatic rings. The number of aliphatic imine (C=N–C) groups is 1. The lowest BCUT2D eigenvalue weighted by Crippen LogP contribution is -1.67. The molecule has 0 aliphatic heterocycles. The minimum Gasteiger partial charge on any atom is -0.283 e. The SMILES string of the molecule is C=Cc1c[nH]nc1/N=C\C. The molecule has 0 fully saturated rings. The van der Waals surface area contributed by atoms with E-state index in [-0.39, 0.29) is 0 Å². The van der Waals surface area contributed by atoms with E-state index in [9.17, 15) is 0 Å². The Kier molecular flexibility index (Phi) is 1.99. The van der Waals surface area contributed by atoms with Gasteiger partial charge in [-0.05, 0) is 6.92 Å². The standard InChI is InChI=1S/C7H9N3/c1-3-6-5-9-10-7(6)8-4-2/h3-5H,1H2,2H3,(H,9,10)/b8-4-. The molecule has 1 N–H and O–H groups in total. The van der Waals surface area contributed by atoms with Crippen molar-refractivity contribution in [3.63, 3.8) is 0 Å². The van der Waals surface area contributed by atoms with E-state index in [1.807, 2.05) is 6.92 Å². The lowest BCUT2D eigenvalue weighted by Gasteiger charge is -1.84. The third-order valence-electron chi connectivity index (χ3n) is 1.12. The van der Waals surface area contributed by atoms with E-state index >= 15 is 0 Å². The Balaban J connectivity index is 3.00. The molecule has 0 aromatic carbocycles. The monoisotopic (exact) mass is 135 g/mol. The van der Waals surface area contributed by atoms with Crippen LogP contribution in [0, 0.1) is 0 Å². The number of aromatic amines is 1. The van der Waals surface area contributed by atoms with Crippen molar-refractivity contribution in [1.29, 1.82) is 0 Å². The Hall–Kier alpha value is -1.38. The van der Waals surface area contributed by atoms with E-state index in [2.05, 4.69) is 21.8 Å². The zero-order valence-electron chi connectivity index (χ0n) is 5.83. The van der Waals surface area contributed by atoms with E-state index in [0.717, 1.165) is 5.56 Å². The molecule has 0 aliphatic carbocycles. The quantitative estimate of drug-likeness (QED) is 0.617. The highest BCUT2D eigenvalue weighted by Crippen LogP contribution is 2.14. The molecule has 0 amide bonds. The first-order chi connectivity index (χ1) is 4.88. The van der Waals surface area contributed by atoms with Crippen molar-refractivity contribution < 1.29 is 0 Å². The summed E-state index contributed by atoms with van der Waals surface area (Å²) < 4.78 is 0. The molecule has 0 radical (unpaired) electrons. The van der Waals surface area contributed by atoms with Gasteiger partial charge < -0.3 is 0 Å². The molecule has 0 bridgehead atoms. The summed E-state index contributed by atoms with van der Waals surface area (Å²) in [5, 5.41) is 6.58. The van der Waals surface area contributed by atoms with Gasteiger partial charge in [-0.1, -0.05) is 12.7 Å². The third kappa shape index (κ3) is 1.13. The van der Waals surface area contributed by atoms with Crippen LogP contribution in [0.4, 0.5) is 5.82 Å². The molecule has 0 aliphatic rings. The maximum Gasteiger partial charge on any atom is 0.180 e. The molecule has 0 saturated heterocycles. The summed E-state index contributed by atoms with van der Waals surface area (Å²) in [5.41, 5.74) is 0.929. The first kappa shape index (κ1) is 6.74. The average molecular weight is 135 g/mol. The molecule has 3 nitrogen and oxygen atoms in total. The predicted molar refractivity (Wildman–Crippen MR) is 42.5 cm³/mol. The molecular formula is C7H9N3. The Morgan fingerprint density at radius 1 is 1.80 bits per heavy atom. The average Bonchev–Trinajstić information content (AvgIpc) is 2.36. The minimum atomic E-state index is 0.692. The number of nitrogens with one attached hydrogen (secondary N) is 1. The van der Waals surface area contributed by atoms with Gasteiger partial charge in [0.25, 0.3) is 0 Å². The van der Waals surface area contributed by atoms with Gasteiger partial charge in [-0.2, -0.15) is 5.10 Å². The van der Waals surface area contributed by atoms with Crippen molar-refractivity contribution in [2.45, 2.75) is 6.92 Å². The van der Waals surface area contributed by atoms with Gasteiger partial charge in [0.05, 0.1) is 0 Å². The maximum atomic E-state index is 4.00. The largest absolute Gasteiger partial charge is 0.283 e. The van der Waals surface area contributed by atoms with Gasteiger partial charge in [0, 0.05) is 18.0 Å². The van der Waals surface area contributed by atoms with Crippen LogP contribution in [0.25, 0.3) is 6.08 Å². The fraction of sp³-hybridized carbons (Fsp3) is 0.143. The summed E-state index contributed by atoms with van der Waals surface area (Å²) in [6, 6.07) is 0. The highest BCUT2D eigenvalue weighted by atomic mass is 15.2. The number of nitrogens with zero attached hydrogens (tertiary/aromatic N) is 2. The molecule has 1 heterocycles. The second-order valence-corrected chi connectivity index (χ2v) is 1.76. The van der Waals surface area contributed by atoms with Crippen LogP contribution in [-0.4, -0.2) is 16.4 Å². The molecule has 3 heteroatoms.